The van der Waals surface area contributed by atoms with Crippen molar-refractivity contribution in [1.29, 1.82) is 0 Å². The van der Waals surface area contributed by atoms with Gasteiger partial charge in [0.25, 0.3) is 0 Å². The number of esters is 1. The summed E-state index contributed by atoms with van der Waals surface area (Å²) in [6.07, 6.45) is -0.427. The molecule has 39 heavy (non-hydrogen) atoms. The maximum atomic E-state index is 15.9. The van der Waals surface area contributed by atoms with E-state index in [9.17, 15) is 14.2 Å². The second kappa shape index (κ2) is 12.7. The predicted molar refractivity (Wildman–Crippen MR) is 145 cm³/mol. The van der Waals surface area contributed by atoms with Crippen molar-refractivity contribution in [3.8, 4) is 5.75 Å². The summed E-state index contributed by atoms with van der Waals surface area (Å²) < 4.78 is 52.9. The Morgan fingerprint density at radius 1 is 1.15 bits per heavy atom. The molecule has 0 aliphatic carbocycles. The number of ether oxygens (including phenoxy) is 2. The largest absolute Gasteiger partial charge is 0.462 e. The minimum Gasteiger partial charge on any atom is -0.462 e. The second-order valence-electron chi connectivity index (χ2n) is 9.17. The number of nitrogens with zero attached hydrogens (tertiary/aromatic N) is 2. The second-order valence-corrected chi connectivity index (χ2v) is 10.9. The van der Waals surface area contributed by atoms with Crippen molar-refractivity contribution in [2.45, 2.75) is 65.3 Å². The van der Waals surface area contributed by atoms with Gasteiger partial charge in [-0.1, -0.05) is 43.3 Å². The Kier molecular flexibility index (Phi) is 9.84. The van der Waals surface area contributed by atoms with Gasteiger partial charge in [-0.05, 0) is 45.2 Å². The number of carbonyl (C=O) groups is 1. The highest BCUT2D eigenvalue weighted by Gasteiger charge is 2.39. The maximum absolute atomic E-state index is 15.9. The lowest BCUT2D eigenvalue weighted by Gasteiger charge is -2.30. The van der Waals surface area contributed by atoms with E-state index in [1.807, 2.05) is 18.2 Å². The Labute approximate surface area is 226 Å². The van der Waals surface area contributed by atoms with Gasteiger partial charge in [-0.15, -0.1) is 0 Å². The molecule has 212 valence electrons. The summed E-state index contributed by atoms with van der Waals surface area (Å²) in [5.41, 5.74) is 4.79. The molecule has 3 rings (SSSR count). The molecule has 13 heteroatoms. The van der Waals surface area contributed by atoms with Gasteiger partial charge in [-0.3, -0.25) is 13.9 Å². The molecule has 0 aliphatic rings. The zero-order valence-corrected chi connectivity index (χ0v) is 23.4. The SMILES string of the molecule is CC[C@@](F)(COP(=O)(N[C@@H](C)C(=O)OC(C)C)Oc1cccc2ccccc12)O[C@H](C)n1ccc(N)nc1=O. The fraction of sp³-hybridized carbons (Fsp3) is 0.423. The molecule has 0 saturated carbocycles. The van der Waals surface area contributed by atoms with Crippen LogP contribution < -0.4 is 21.0 Å². The average Bonchev–Trinajstić information content (AvgIpc) is 2.87. The molecular formula is C26H34FN4O7P. The standard InChI is InChI=1S/C26H34FN4O7P/c1-6-26(27,37-19(5)31-15-14-23(28)29-25(31)33)16-35-39(34,30-18(4)24(32)36-17(2)3)38-22-13-9-11-20-10-7-8-12-21(20)22/h7-15,17-19H,6,16H2,1-5H3,(H,30,34)(H2,28,29,33)/t18-,19+,26-,39?/m0/s1. The number of nitrogens with two attached hydrogens (primary N) is 1. The number of halogens is 1. The van der Waals surface area contributed by atoms with Crippen LogP contribution in [0.2, 0.25) is 0 Å². The van der Waals surface area contributed by atoms with Gasteiger partial charge in [0.1, 0.15) is 30.4 Å². The fourth-order valence-electron chi connectivity index (χ4n) is 3.58. The number of benzene rings is 2. The lowest BCUT2D eigenvalue weighted by Crippen LogP contribution is -2.40. The van der Waals surface area contributed by atoms with E-state index in [-0.39, 0.29) is 18.0 Å². The van der Waals surface area contributed by atoms with Crippen molar-refractivity contribution in [2.75, 3.05) is 12.3 Å². The van der Waals surface area contributed by atoms with Crippen molar-refractivity contribution < 1.29 is 32.3 Å². The van der Waals surface area contributed by atoms with E-state index in [2.05, 4.69) is 10.1 Å². The maximum Gasteiger partial charge on any atom is 0.459 e. The molecule has 0 spiro atoms. The van der Waals surface area contributed by atoms with Crippen LogP contribution >= 0.6 is 7.75 Å². The van der Waals surface area contributed by atoms with E-state index >= 15 is 4.39 Å². The van der Waals surface area contributed by atoms with E-state index in [1.165, 1.54) is 33.0 Å². The number of anilines is 1. The lowest BCUT2D eigenvalue weighted by molar-refractivity contribution is -0.214. The third-order valence-corrected chi connectivity index (χ3v) is 7.24. The Morgan fingerprint density at radius 2 is 1.85 bits per heavy atom. The number of nitrogens with one attached hydrogen (secondary N) is 1. The third-order valence-electron chi connectivity index (χ3n) is 5.63. The van der Waals surface area contributed by atoms with Crippen LogP contribution in [0, 0.1) is 0 Å². The molecule has 0 aliphatic heterocycles. The van der Waals surface area contributed by atoms with Crippen LogP contribution in [0.5, 0.6) is 5.75 Å². The Bertz CT molecular complexity index is 1400. The van der Waals surface area contributed by atoms with Gasteiger partial charge in [0.15, 0.2) is 0 Å². The number of aromatic nitrogens is 2. The lowest BCUT2D eigenvalue weighted by atomic mass is 10.1. The van der Waals surface area contributed by atoms with Crippen LogP contribution in [0.4, 0.5) is 10.2 Å². The van der Waals surface area contributed by atoms with Gasteiger partial charge in [0.05, 0.1) is 6.10 Å². The van der Waals surface area contributed by atoms with Crippen molar-refractivity contribution in [3.05, 3.63) is 65.2 Å². The van der Waals surface area contributed by atoms with Gasteiger partial charge in [0.2, 0.25) is 5.85 Å². The fourth-order valence-corrected chi connectivity index (χ4v) is 5.13. The molecule has 1 heterocycles. The van der Waals surface area contributed by atoms with Gasteiger partial charge >= 0.3 is 19.4 Å². The highest BCUT2D eigenvalue weighted by Crippen LogP contribution is 2.48. The van der Waals surface area contributed by atoms with E-state index in [0.29, 0.717) is 5.39 Å². The number of alkyl halides is 1. The van der Waals surface area contributed by atoms with E-state index in [0.717, 1.165) is 9.95 Å². The van der Waals surface area contributed by atoms with Crippen molar-refractivity contribution in [3.63, 3.8) is 0 Å². The van der Waals surface area contributed by atoms with Crippen LogP contribution in [-0.2, 0) is 23.4 Å². The van der Waals surface area contributed by atoms with Crippen LogP contribution in [0.1, 0.15) is 47.3 Å². The molecule has 3 aromatic rings. The smallest absolute Gasteiger partial charge is 0.459 e. The molecule has 0 amide bonds. The average molecular weight is 565 g/mol. The Hall–Kier alpha value is -3.31. The number of nitrogen functional groups attached to an aromatic ring is 1. The van der Waals surface area contributed by atoms with Gasteiger partial charge in [-0.25, -0.2) is 13.8 Å². The Balaban J connectivity index is 1.86. The first kappa shape index (κ1) is 30.2. The van der Waals surface area contributed by atoms with Crippen LogP contribution in [0.3, 0.4) is 0 Å². The van der Waals surface area contributed by atoms with Crippen LogP contribution in [0.25, 0.3) is 10.8 Å². The molecule has 1 unspecified atom stereocenters. The first-order valence-corrected chi connectivity index (χ1v) is 14.0. The molecule has 11 nitrogen and oxygen atoms in total. The Morgan fingerprint density at radius 3 is 2.51 bits per heavy atom. The minimum atomic E-state index is -4.41. The predicted octanol–water partition coefficient (Wildman–Crippen LogP) is 4.72. The quantitative estimate of drug-likeness (QED) is 0.221. The van der Waals surface area contributed by atoms with Crippen molar-refractivity contribution in [1.82, 2.24) is 14.6 Å². The summed E-state index contributed by atoms with van der Waals surface area (Å²) in [6, 6.07) is 12.6. The molecule has 0 fully saturated rings. The molecule has 0 radical (unpaired) electrons. The molecule has 1 aromatic heterocycles. The summed E-state index contributed by atoms with van der Waals surface area (Å²) in [7, 11) is -4.41. The summed E-state index contributed by atoms with van der Waals surface area (Å²) in [5, 5.41) is 3.98. The summed E-state index contributed by atoms with van der Waals surface area (Å²) in [4.78, 5) is 28.2. The van der Waals surface area contributed by atoms with Gasteiger partial charge in [0, 0.05) is 18.0 Å². The third kappa shape index (κ3) is 8.09. The first-order valence-electron chi connectivity index (χ1n) is 12.5. The number of rotatable bonds is 13. The molecule has 3 N–H and O–H groups in total. The molecule has 2 aromatic carbocycles. The van der Waals surface area contributed by atoms with Crippen LogP contribution in [-0.4, -0.2) is 40.1 Å². The van der Waals surface area contributed by atoms with E-state index in [4.69, 9.17) is 24.3 Å². The monoisotopic (exact) mass is 564 g/mol. The van der Waals surface area contributed by atoms with Crippen molar-refractivity contribution in [2.24, 2.45) is 0 Å². The molecular weight excluding hydrogens is 530 g/mol. The van der Waals surface area contributed by atoms with Crippen LogP contribution in [0.15, 0.2) is 59.5 Å². The molecule has 0 bridgehead atoms. The summed E-state index contributed by atoms with van der Waals surface area (Å²) in [5.74, 6) is -2.99. The summed E-state index contributed by atoms with van der Waals surface area (Å²) >= 11 is 0. The number of carbonyl (C=O) groups excluding carboxylic acids is 1. The number of hydrogen-bond donors (Lipinski definition) is 2. The normalized spacial score (nSPS) is 16.3. The van der Waals surface area contributed by atoms with Crippen molar-refractivity contribution >= 4 is 30.3 Å². The number of hydrogen-bond acceptors (Lipinski definition) is 9. The van der Waals surface area contributed by atoms with E-state index in [1.54, 1.807) is 38.1 Å². The first-order chi connectivity index (χ1) is 18.3. The number of fused-ring (bicyclic) bond motifs is 1. The van der Waals surface area contributed by atoms with Gasteiger partial charge in [-0.2, -0.15) is 10.1 Å². The highest BCUT2D eigenvalue weighted by atomic mass is 31.2. The minimum absolute atomic E-state index is 0.0106. The highest BCUT2D eigenvalue weighted by molar-refractivity contribution is 7.52. The molecule has 0 saturated heterocycles. The zero-order valence-electron chi connectivity index (χ0n) is 22.5. The van der Waals surface area contributed by atoms with E-state index < -0.39 is 50.2 Å². The van der Waals surface area contributed by atoms with Gasteiger partial charge < -0.3 is 19.7 Å². The zero-order chi connectivity index (χ0) is 28.8. The molecule has 4 atom stereocenters. The summed E-state index contributed by atoms with van der Waals surface area (Å²) in [6.45, 7) is 6.85. The topological polar surface area (TPSA) is 144 Å².